The third kappa shape index (κ3) is 4.28. The second-order valence-corrected chi connectivity index (χ2v) is 7.10. The molecule has 0 bridgehead atoms. The molecule has 1 aromatic carbocycles. The fraction of sp³-hybridized carbons (Fsp3) is 0.400. The highest BCUT2D eigenvalue weighted by molar-refractivity contribution is 5.76. The number of rotatable bonds is 6. The normalized spacial score (nSPS) is 14.9. The molecule has 0 saturated heterocycles. The Kier molecular flexibility index (Phi) is 5.48. The highest BCUT2D eigenvalue weighted by atomic mass is 16.1. The molecule has 1 aliphatic heterocycles. The number of aryl methyl sites for hydroxylation is 2. The Labute approximate surface area is 164 Å². The Morgan fingerprint density at radius 2 is 2.18 bits per heavy atom. The van der Waals surface area contributed by atoms with E-state index in [1.165, 1.54) is 12.0 Å². The zero-order valence-electron chi connectivity index (χ0n) is 16.0. The van der Waals surface area contributed by atoms with Gasteiger partial charge >= 0.3 is 0 Å². The van der Waals surface area contributed by atoms with Gasteiger partial charge in [0.15, 0.2) is 0 Å². The monoisotopic (exact) mass is 379 g/mol. The number of fused-ring (bicyclic) bond motifs is 1. The minimum absolute atomic E-state index is 0.0363. The van der Waals surface area contributed by atoms with Gasteiger partial charge in [0.25, 0.3) is 0 Å². The molecule has 8 nitrogen and oxygen atoms in total. The quantitative estimate of drug-likeness (QED) is 0.681. The first-order valence-electron chi connectivity index (χ1n) is 9.70. The van der Waals surface area contributed by atoms with Gasteiger partial charge in [-0.15, -0.1) is 0 Å². The van der Waals surface area contributed by atoms with Gasteiger partial charge in [-0.05, 0) is 43.7 Å². The van der Waals surface area contributed by atoms with E-state index in [0.717, 1.165) is 43.0 Å². The van der Waals surface area contributed by atoms with Crippen LogP contribution in [0.4, 0.5) is 0 Å². The van der Waals surface area contributed by atoms with Crippen LogP contribution in [0.1, 0.15) is 42.8 Å². The summed E-state index contributed by atoms with van der Waals surface area (Å²) in [5.41, 5.74) is 4.18. The third-order valence-corrected chi connectivity index (χ3v) is 5.01. The summed E-state index contributed by atoms with van der Waals surface area (Å²) in [4.78, 5) is 16.3. The van der Waals surface area contributed by atoms with Crippen LogP contribution in [0.15, 0.2) is 43.0 Å². The number of carbonyl (C=O) groups is 1. The molecule has 1 unspecified atom stereocenters. The highest BCUT2D eigenvalue weighted by Gasteiger charge is 2.13. The van der Waals surface area contributed by atoms with Crippen LogP contribution < -0.4 is 10.6 Å². The zero-order valence-corrected chi connectivity index (χ0v) is 16.0. The minimum atomic E-state index is -0.0554. The lowest BCUT2D eigenvalue weighted by atomic mass is 10.1. The van der Waals surface area contributed by atoms with Crippen molar-refractivity contribution in [2.24, 2.45) is 0 Å². The predicted octanol–water partition coefficient (Wildman–Crippen LogP) is 1.77. The molecule has 3 heterocycles. The molecule has 0 saturated carbocycles. The lowest BCUT2D eigenvalue weighted by Gasteiger charge is -2.14. The van der Waals surface area contributed by atoms with Crippen molar-refractivity contribution in [1.29, 1.82) is 0 Å². The van der Waals surface area contributed by atoms with E-state index in [2.05, 4.69) is 36.6 Å². The number of benzene rings is 1. The van der Waals surface area contributed by atoms with Crippen LogP contribution in [-0.4, -0.2) is 37.0 Å². The number of hydrogen-bond acceptors (Lipinski definition) is 5. The van der Waals surface area contributed by atoms with Crippen LogP contribution in [-0.2, 0) is 24.3 Å². The lowest BCUT2D eigenvalue weighted by molar-refractivity contribution is -0.121. The molecule has 0 radical (unpaired) electrons. The molecular weight excluding hydrogens is 354 g/mol. The molecule has 2 aromatic heterocycles. The topological polar surface area (TPSA) is 89.7 Å². The van der Waals surface area contributed by atoms with E-state index in [0.29, 0.717) is 12.8 Å². The van der Waals surface area contributed by atoms with E-state index in [4.69, 9.17) is 0 Å². The Balaban J connectivity index is 1.30. The van der Waals surface area contributed by atoms with Crippen LogP contribution in [0.2, 0.25) is 0 Å². The van der Waals surface area contributed by atoms with Gasteiger partial charge in [-0.3, -0.25) is 9.48 Å². The summed E-state index contributed by atoms with van der Waals surface area (Å²) in [5, 5.41) is 15.2. The lowest BCUT2D eigenvalue weighted by Crippen LogP contribution is -2.26. The molecule has 2 N–H and O–H groups in total. The summed E-state index contributed by atoms with van der Waals surface area (Å²) in [6.45, 7) is 4.81. The van der Waals surface area contributed by atoms with Gasteiger partial charge in [-0.25, -0.2) is 9.67 Å². The maximum absolute atomic E-state index is 12.4. The van der Waals surface area contributed by atoms with Crippen molar-refractivity contribution in [3.63, 3.8) is 0 Å². The van der Waals surface area contributed by atoms with Crippen molar-refractivity contribution in [1.82, 2.24) is 35.2 Å². The average molecular weight is 379 g/mol. The first kappa shape index (κ1) is 18.4. The van der Waals surface area contributed by atoms with E-state index in [1.54, 1.807) is 11.0 Å². The van der Waals surface area contributed by atoms with Gasteiger partial charge in [0.2, 0.25) is 5.91 Å². The van der Waals surface area contributed by atoms with E-state index < -0.39 is 0 Å². The largest absolute Gasteiger partial charge is 0.350 e. The van der Waals surface area contributed by atoms with E-state index in [9.17, 15) is 4.79 Å². The van der Waals surface area contributed by atoms with E-state index in [1.807, 2.05) is 31.2 Å². The number of carbonyl (C=O) groups excluding carboxylic acids is 1. The fourth-order valence-electron chi connectivity index (χ4n) is 3.44. The van der Waals surface area contributed by atoms with Crippen LogP contribution in [0, 0.1) is 0 Å². The molecular formula is C20H25N7O. The number of hydrogen-bond donors (Lipinski definition) is 2. The molecule has 8 heteroatoms. The number of aromatic nitrogens is 5. The van der Waals surface area contributed by atoms with Crippen molar-refractivity contribution in [2.75, 3.05) is 6.54 Å². The fourth-order valence-corrected chi connectivity index (χ4v) is 3.44. The molecule has 1 amide bonds. The summed E-state index contributed by atoms with van der Waals surface area (Å²) in [6, 6.07) is 10.00. The maximum atomic E-state index is 12.4. The second kappa shape index (κ2) is 8.35. The third-order valence-electron chi connectivity index (χ3n) is 5.01. The molecule has 28 heavy (non-hydrogen) atoms. The van der Waals surface area contributed by atoms with Crippen LogP contribution in [0.5, 0.6) is 0 Å². The van der Waals surface area contributed by atoms with Crippen molar-refractivity contribution in [3.05, 3.63) is 59.9 Å². The molecule has 0 spiro atoms. The smallest absolute Gasteiger partial charge is 0.220 e. The summed E-state index contributed by atoms with van der Waals surface area (Å²) in [7, 11) is 0. The number of amides is 1. The second-order valence-electron chi connectivity index (χ2n) is 7.10. The Morgan fingerprint density at radius 3 is 2.96 bits per heavy atom. The van der Waals surface area contributed by atoms with Crippen molar-refractivity contribution in [2.45, 2.75) is 45.3 Å². The van der Waals surface area contributed by atoms with Crippen molar-refractivity contribution in [3.8, 4) is 5.69 Å². The maximum Gasteiger partial charge on any atom is 0.220 e. The van der Waals surface area contributed by atoms with Gasteiger partial charge in [0.1, 0.15) is 12.7 Å². The molecule has 1 aliphatic rings. The van der Waals surface area contributed by atoms with E-state index in [-0.39, 0.29) is 11.9 Å². The summed E-state index contributed by atoms with van der Waals surface area (Å²) in [5.74, 6) is 0.0363. The Hall–Kier alpha value is -3.00. The minimum Gasteiger partial charge on any atom is -0.350 e. The summed E-state index contributed by atoms with van der Waals surface area (Å²) >= 11 is 0. The first-order chi connectivity index (χ1) is 13.7. The van der Waals surface area contributed by atoms with Gasteiger partial charge < -0.3 is 10.6 Å². The summed E-state index contributed by atoms with van der Waals surface area (Å²) in [6.07, 6.45) is 5.34. The zero-order chi connectivity index (χ0) is 19.3. The van der Waals surface area contributed by atoms with Crippen molar-refractivity contribution >= 4 is 5.91 Å². The van der Waals surface area contributed by atoms with Gasteiger partial charge in [-0.2, -0.15) is 10.2 Å². The molecule has 1 atom stereocenters. The van der Waals surface area contributed by atoms with Gasteiger partial charge in [0.05, 0.1) is 23.1 Å². The van der Waals surface area contributed by atoms with Crippen LogP contribution >= 0.6 is 0 Å². The summed E-state index contributed by atoms with van der Waals surface area (Å²) < 4.78 is 3.77. The van der Waals surface area contributed by atoms with E-state index >= 15 is 0 Å². The van der Waals surface area contributed by atoms with Crippen LogP contribution in [0.25, 0.3) is 5.69 Å². The van der Waals surface area contributed by atoms with Crippen molar-refractivity contribution < 1.29 is 4.79 Å². The number of nitrogens with one attached hydrogen (secondary N) is 2. The molecule has 0 aliphatic carbocycles. The predicted molar refractivity (Wildman–Crippen MR) is 105 cm³/mol. The Bertz CT molecular complexity index is 891. The molecule has 0 fully saturated rings. The van der Waals surface area contributed by atoms with Gasteiger partial charge in [-0.1, -0.05) is 12.1 Å². The average Bonchev–Trinajstić information content (AvgIpc) is 3.32. The SMILES string of the molecule is CC(NC(=O)CCc1cc2n(n1)CCCNC2)c1ccc(-n2cncn2)cc1. The Morgan fingerprint density at radius 1 is 1.32 bits per heavy atom. The molecule has 146 valence electrons. The number of nitrogens with zero attached hydrogens (tertiary/aromatic N) is 5. The highest BCUT2D eigenvalue weighted by Crippen LogP contribution is 2.16. The van der Waals surface area contributed by atoms with Gasteiger partial charge in [0, 0.05) is 25.9 Å². The van der Waals surface area contributed by atoms with Crippen LogP contribution in [0.3, 0.4) is 0 Å². The first-order valence-corrected chi connectivity index (χ1v) is 9.70. The molecule has 3 aromatic rings. The standard InChI is InChI=1S/C20H25N7O/c1-15(16-3-6-18(7-4-16)27-14-22-13-23-27)24-20(28)8-5-17-11-19-12-21-9-2-10-26(19)25-17/h3-4,6-7,11,13-15,21H,2,5,8-10,12H2,1H3,(H,24,28). The molecule has 4 rings (SSSR count).